The zero-order valence-corrected chi connectivity index (χ0v) is 28.9. The predicted octanol–water partition coefficient (Wildman–Crippen LogP) is 5.32. The molecule has 0 spiro atoms. The van der Waals surface area contributed by atoms with Gasteiger partial charge in [0.2, 0.25) is 17.7 Å². The Morgan fingerprint density at radius 1 is 0.826 bits per heavy atom. The number of nitrogens with one attached hydrogen (secondary N) is 3. The lowest BCUT2D eigenvalue weighted by Crippen LogP contribution is -2.54. The Morgan fingerprint density at radius 2 is 1.52 bits per heavy atom. The number of carbonyl (C=O) groups is 4. The Hall–Kier alpha value is -3.46. The Labute approximate surface area is 275 Å². The van der Waals surface area contributed by atoms with E-state index >= 15 is 0 Å². The Bertz CT molecular complexity index is 1260. The van der Waals surface area contributed by atoms with Gasteiger partial charge in [0.05, 0.1) is 18.8 Å². The van der Waals surface area contributed by atoms with Gasteiger partial charge in [-0.15, -0.1) is 0 Å². The summed E-state index contributed by atoms with van der Waals surface area (Å²) in [6.45, 7) is 14.4. The summed E-state index contributed by atoms with van der Waals surface area (Å²) in [7, 11) is 0. The largest absolute Gasteiger partial charge is 0.465 e. The average Bonchev–Trinajstić information content (AvgIpc) is 3.02. The van der Waals surface area contributed by atoms with Gasteiger partial charge in [0, 0.05) is 12.5 Å². The number of hydrogen-bond donors (Lipinski definition) is 4. The lowest BCUT2D eigenvalue weighted by atomic mass is 9.90. The summed E-state index contributed by atoms with van der Waals surface area (Å²) in [6.07, 6.45) is 2.29. The first-order valence-electron chi connectivity index (χ1n) is 17.1. The van der Waals surface area contributed by atoms with E-state index in [4.69, 9.17) is 4.74 Å². The smallest absolute Gasteiger partial charge is 0.318 e. The first kappa shape index (κ1) is 38.7. The van der Waals surface area contributed by atoms with Gasteiger partial charge in [0.25, 0.3) is 0 Å². The second kappa shape index (κ2) is 19.9. The highest BCUT2D eigenvalue weighted by atomic mass is 16.5. The Balaban J connectivity index is 2.27. The lowest BCUT2D eigenvalue weighted by Gasteiger charge is -2.30. The van der Waals surface area contributed by atoms with Crippen LogP contribution in [0.15, 0.2) is 42.5 Å². The molecule has 9 nitrogen and oxygen atoms in total. The van der Waals surface area contributed by atoms with Crippen LogP contribution in [0.5, 0.6) is 0 Å². The number of carbonyl (C=O) groups excluding carboxylic acids is 4. The molecule has 0 saturated heterocycles. The zero-order valence-electron chi connectivity index (χ0n) is 28.9. The molecule has 0 fully saturated rings. The number of unbranched alkanes of at least 4 members (excludes halogenated alkanes) is 1. The molecule has 3 amide bonds. The minimum atomic E-state index is -1.14. The first-order chi connectivity index (χ1) is 21.9. The van der Waals surface area contributed by atoms with Gasteiger partial charge in [-0.1, -0.05) is 96.8 Å². The Kier molecular flexibility index (Phi) is 16.8. The van der Waals surface area contributed by atoms with Crippen LogP contribution in [0, 0.1) is 23.7 Å². The van der Waals surface area contributed by atoms with E-state index in [1.165, 1.54) is 0 Å². The summed E-state index contributed by atoms with van der Waals surface area (Å²) >= 11 is 0. The van der Waals surface area contributed by atoms with Crippen molar-refractivity contribution in [2.24, 2.45) is 23.7 Å². The fourth-order valence-corrected chi connectivity index (χ4v) is 5.63. The molecule has 0 aliphatic rings. The number of fused-ring (bicyclic) bond motifs is 1. The van der Waals surface area contributed by atoms with Crippen LogP contribution in [0.2, 0.25) is 0 Å². The third-order valence-corrected chi connectivity index (χ3v) is 8.26. The van der Waals surface area contributed by atoms with Crippen molar-refractivity contribution in [2.45, 2.75) is 112 Å². The molecule has 0 bridgehead atoms. The Morgan fingerprint density at radius 3 is 2.15 bits per heavy atom. The van der Waals surface area contributed by atoms with E-state index in [0.29, 0.717) is 38.1 Å². The predicted molar refractivity (Wildman–Crippen MR) is 183 cm³/mol. The molecule has 9 heteroatoms. The highest BCUT2D eigenvalue weighted by Gasteiger charge is 2.34. The number of benzene rings is 2. The summed E-state index contributed by atoms with van der Waals surface area (Å²) in [6, 6.07) is 12.0. The van der Waals surface area contributed by atoms with Crippen LogP contribution in [0.1, 0.15) is 92.6 Å². The molecule has 2 aromatic carbocycles. The quantitative estimate of drug-likeness (QED) is 0.115. The molecule has 0 heterocycles. The van der Waals surface area contributed by atoms with Crippen molar-refractivity contribution in [3.8, 4) is 0 Å². The van der Waals surface area contributed by atoms with Gasteiger partial charge in [-0.2, -0.15) is 0 Å². The molecule has 0 saturated carbocycles. The monoisotopic (exact) mass is 639 g/mol. The van der Waals surface area contributed by atoms with Crippen molar-refractivity contribution in [1.82, 2.24) is 16.0 Å². The van der Waals surface area contributed by atoms with E-state index in [2.05, 4.69) is 16.0 Å². The van der Waals surface area contributed by atoms with Crippen molar-refractivity contribution in [3.63, 3.8) is 0 Å². The third-order valence-electron chi connectivity index (χ3n) is 8.26. The van der Waals surface area contributed by atoms with Gasteiger partial charge in [-0.05, 0) is 67.2 Å². The minimum absolute atomic E-state index is 0.103. The maximum absolute atomic E-state index is 13.8. The van der Waals surface area contributed by atoms with Crippen LogP contribution in [0.25, 0.3) is 10.8 Å². The van der Waals surface area contributed by atoms with E-state index in [-0.39, 0.29) is 31.3 Å². The number of hydrogen-bond acceptors (Lipinski definition) is 6. The number of ether oxygens (including phenoxy) is 1. The molecular formula is C37H57N3O6. The molecule has 2 aromatic rings. The van der Waals surface area contributed by atoms with Crippen LogP contribution in [-0.4, -0.2) is 60.1 Å². The highest BCUT2D eigenvalue weighted by molar-refractivity contribution is 6.00. The normalized spacial score (nSPS) is 14.7. The molecule has 2 unspecified atom stereocenters. The number of esters is 1. The van der Waals surface area contributed by atoms with Crippen LogP contribution in [0.4, 0.5) is 0 Å². The number of aliphatic hydroxyl groups excluding tert-OH is 1. The molecule has 5 atom stereocenters. The van der Waals surface area contributed by atoms with Gasteiger partial charge in [0.1, 0.15) is 12.0 Å². The first-order valence-corrected chi connectivity index (χ1v) is 17.1. The summed E-state index contributed by atoms with van der Waals surface area (Å²) in [5.74, 6) is -2.80. The molecule has 0 aliphatic heterocycles. The SMILES string of the molecule is CCCC[C@H](NC(=O)C(Cc1cccc2ccccc12)C(=O)OCC)C(=O)N[C@@H](CC(C)C)[C@@H](O)CC(CC)C(=O)NCC(C)C. The standard InChI is InChI=1S/C37H57N3O6/c1-8-11-19-31(36(44)40-32(20-24(4)5)33(41)22-26(9-2)34(42)38-23-25(6)7)39-35(43)30(37(45)46-10-3)21-28-17-14-16-27-15-12-13-18-29(27)28/h12-18,24-26,30-33,41H,8-11,19-23H2,1-7H3,(H,38,42)(H,39,43)(H,40,44)/t26?,30?,31-,32-,33-/m0/s1. The topological polar surface area (TPSA) is 134 Å². The van der Waals surface area contributed by atoms with Crippen LogP contribution in [0.3, 0.4) is 0 Å². The molecular weight excluding hydrogens is 582 g/mol. The fourth-order valence-electron chi connectivity index (χ4n) is 5.63. The maximum atomic E-state index is 13.8. The van der Waals surface area contributed by atoms with E-state index in [9.17, 15) is 24.3 Å². The molecule has 46 heavy (non-hydrogen) atoms. The fraction of sp³-hybridized carbons (Fsp3) is 0.622. The number of amides is 3. The maximum Gasteiger partial charge on any atom is 0.318 e. The van der Waals surface area contributed by atoms with E-state index in [1.807, 2.05) is 84.0 Å². The molecule has 4 N–H and O–H groups in total. The summed E-state index contributed by atoms with van der Waals surface area (Å²) in [5.41, 5.74) is 0.837. The third kappa shape index (κ3) is 12.4. The molecule has 2 rings (SSSR count). The van der Waals surface area contributed by atoms with Crippen molar-refractivity contribution >= 4 is 34.5 Å². The van der Waals surface area contributed by atoms with Gasteiger partial charge >= 0.3 is 5.97 Å². The summed E-state index contributed by atoms with van der Waals surface area (Å²) < 4.78 is 5.30. The van der Waals surface area contributed by atoms with Gasteiger partial charge in [-0.3, -0.25) is 19.2 Å². The van der Waals surface area contributed by atoms with Gasteiger partial charge in [0.15, 0.2) is 0 Å². The van der Waals surface area contributed by atoms with Gasteiger partial charge in [-0.25, -0.2) is 0 Å². The lowest BCUT2D eigenvalue weighted by molar-refractivity contribution is -0.152. The van der Waals surface area contributed by atoms with Crippen molar-refractivity contribution in [2.75, 3.05) is 13.2 Å². The van der Waals surface area contributed by atoms with E-state index in [0.717, 1.165) is 22.8 Å². The van der Waals surface area contributed by atoms with Gasteiger partial charge < -0.3 is 25.8 Å². The van der Waals surface area contributed by atoms with Crippen molar-refractivity contribution in [3.05, 3.63) is 48.0 Å². The van der Waals surface area contributed by atoms with E-state index < -0.39 is 47.8 Å². The molecule has 0 aliphatic carbocycles. The molecule has 256 valence electrons. The molecule has 0 radical (unpaired) electrons. The van der Waals surface area contributed by atoms with Crippen LogP contribution >= 0.6 is 0 Å². The zero-order chi connectivity index (χ0) is 34.2. The average molecular weight is 640 g/mol. The number of aliphatic hydroxyl groups is 1. The summed E-state index contributed by atoms with van der Waals surface area (Å²) in [4.78, 5) is 53.4. The second-order valence-electron chi connectivity index (χ2n) is 13.1. The van der Waals surface area contributed by atoms with Crippen molar-refractivity contribution < 1.29 is 29.0 Å². The summed E-state index contributed by atoms with van der Waals surface area (Å²) in [5, 5.41) is 22.1. The molecule has 0 aromatic heterocycles. The second-order valence-corrected chi connectivity index (χ2v) is 13.1. The number of rotatable bonds is 20. The highest BCUT2D eigenvalue weighted by Crippen LogP contribution is 2.23. The van der Waals surface area contributed by atoms with E-state index in [1.54, 1.807) is 6.92 Å². The van der Waals surface area contributed by atoms with Crippen molar-refractivity contribution in [1.29, 1.82) is 0 Å². The minimum Gasteiger partial charge on any atom is -0.465 e. The van der Waals surface area contributed by atoms with Crippen LogP contribution in [-0.2, 0) is 30.3 Å². The van der Waals surface area contributed by atoms with Crippen LogP contribution < -0.4 is 16.0 Å².